The average Bonchev–Trinajstić information content (AvgIpc) is 3.19. The highest BCUT2D eigenvalue weighted by atomic mass is 79.9. The van der Waals surface area contributed by atoms with Crippen molar-refractivity contribution < 1.29 is 17.9 Å². The lowest BCUT2D eigenvalue weighted by molar-refractivity contribution is -0.123. The number of carbonyl (C=O) groups is 1. The van der Waals surface area contributed by atoms with Crippen molar-refractivity contribution in [1.29, 1.82) is 0 Å². The summed E-state index contributed by atoms with van der Waals surface area (Å²) in [6.45, 7) is 1.75. The molecular weight excluding hydrogens is 456 g/mol. The van der Waals surface area contributed by atoms with Crippen molar-refractivity contribution in [1.82, 2.24) is 10.0 Å². The van der Waals surface area contributed by atoms with E-state index < -0.39 is 10.0 Å². The molecule has 29 heavy (non-hydrogen) atoms. The lowest BCUT2D eigenvalue weighted by atomic mass is 10.1. The van der Waals surface area contributed by atoms with Crippen molar-refractivity contribution in [2.24, 2.45) is 0 Å². The first-order valence-corrected chi connectivity index (χ1v) is 11.9. The Bertz CT molecular complexity index is 941. The second kappa shape index (κ2) is 9.73. The zero-order chi connectivity index (χ0) is 20.9. The normalized spacial score (nSPS) is 15.8. The van der Waals surface area contributed by atoms with Crippen molar-refractivity contribution in [3.8, 4) is 5.75 Å². The maximum absolute atomic E-state index is 12.4. The molecule has 1 amide bonds. The van der Waals surface area contributed by atoms with Crippen LogP contribution in [0.25, 0.3) is 0 Å². The van der Waals surface area contributed by atoms with E-state index in [0.717, 1.165) is 35.7 Å². The third-order valence-corrected chi connectivity index (χ3v) is 6.94. The number of rotatable bonds is 8. The minimum atomic E-state index is -3.53. The first-order chi connectivity index (χ1) is 13.8. The zero-order valence-corrected chi connectivity index (χ0v) is 18.6. The number of hydrogen-bond donors (Lipinski definition) is 2. The molecule has 2 aromatic rings. The van der Waals surface area contributed by atoms with E-state index in [4.69, 9.17) is 4.74 Å². The summed E-state index contributed by atoms with van der Waals surface area (Å²) >= 11 is 3.42. The fraction of sp³-hybridized carbons (Fsp3) is 0.381. The van der Waals surface area contributed by atoms with Crippen LogP contribution in [0.2, 0.25) is 0 Å². The molecule has 0 heterocycles. The summed E-state index contributed by atoms with van der Waals surface area (Å²) in [6.07, 6.45) is 3.88. The summed E-state index contributed by atoms with van der Waals surface area (Å²) in [5.74, 6) is 0.187. The van der Waals surface area contributed by atoms with Crippen molar-refractivity contribution in [2.75, 3.05) is 6.61 Å². The third kappa shape index (κ3) is 6.29. The summed E-state index contributed by atoms with van der Waals surface area (Å²) in [7, 11) is -3.53. The Labute approximate surface area is 180 Å². The molecule has 8 heteroatoms. The monoisotopic (exact) mass is 480 g/mol. The average molecular weight is 481 g/mol. The molecule has 0 aliphatic heterocycles. The Kier molecular flexibility index (Phi) is 7.32. The SMILES string of the molecule is C[C@H](NC(=O)COc1ccc(S(=O)(=O)NC2CCCC2)cc1)c1cccc(Br)c1. The Balaban J connectivity index is 1.51. The van der Waals surface area contributed by atoms with E-state index in [1.165, 1.54) is 12.1 Å². The van der Waals surface area contributed by atoms with Gasteiger partial charge in [-0.15, -0.1) is 0 Å². The zero-order valence-electron chi connectivity index (χ0n) is 16.2. The largest absolute Gasteiger partial charge is 0.484 e. The van der Waals surface area contributed by atoms with Crippen molar-refractivity contribution in [3.05, 3.63) is 58.6 Å². The number of amides is 1. The van der Waals surface area contributed by atoms with Crippen LogP contribution in [-0.4, -0.2) is 27.0 Å². The van der Waals surface area contributed by atoms with Gasteiger partial charge in [0.1, 0.15) is 5.75 Å². The quantitative estimate of drug-likeness (QED) is 0.599. The second-order valence-electron chi connectivity index (χ2n) is 7.21. The molecule has 1 fully saturated rings. The van der Waals surface area contributed by atoms with Gasteiger partial charge in [-0.1, -0.05) is 40.9 Å². The predicted octanol–water partition coefficient (Wildman–Crippen LogP) is 3.93. The van der Waals surface area contributed by atoms with Gasteiger partial charge < -0.3 is 10.1 Å². The lowest BCUT2D eigenvalue weighted by Crippen LogP contribution is -2.32. The molecule has 0 aromatic heterocycles. The fourth-order valence-electron chi connectivity index (χ4n) is 3.34. The van der Waals surface area contributed by atoms with Crippen LogP contribution in [0.4, 0.5) is 0 Å². The highest BCUT2D eigenvalue weighted by Crippen LogP contribution is 2.22. The molecule has 0 radical (unpaired) electrons. The summed E-state index contributed by atoms with van der Waals surface area (Å²) in [4.78, 5) is 12.3. The Morgan fingerprint density at radius 3 is 2.52 bits per heavy atom. The van der Waals surface area contributed by atoms with Gasteiger partial charge in [0, 0.05) is 10.5 Å². The van der Waals surface area contributed by atoms with Gasteiger partial charge in [0.05, 0.1) is 10.9 Å². The molecule has 1 saturated carbocycles. The second-order valence-corrected chi connectivity index (χ2v) is 9.84. The molecule has 0 bridgehead atoms. The summed E-state index contributed by atoms with van der Waals surface area (Å²) < 4.78 is 34.0. The predicted molar refractivity (Wildman–Crippen MR) is 115 cm³/mol. The Hall–Kier alpha value is -1.90. The van der Waals surface area contributed by atoms with Crippen LogP contribution in [0.15, 0.2) is 57.9 Å². The number of sulfonamides is 1. The molecule has 3 rings (SSSR count). The molecular formula is C21H25BrN2O4S. The fourth-order valence-corrected chi connectivity index (χ4v) is 5.06. The molecule has 1 atom stereocenters. The molecule has 0 saturated heterocycles. The van der Waals surface area contributed by atoms with Gasteiger partial charge in [-0.2, -0.15) is 0 Å². The van der Waals surface area contributed by atoms with Gasteiger partial charge >= 0.3 is 0 Å². The first-order valence-electron chi connectivity index (χ1n) is 9.63. The van der Waals surface area contributed by atoms with E-state index >= 15 is 0 Å². The summed E-state index contributed by atoms with van der Waals surface area (Å²) in [5, 5.41) is 2.88. The van der Waals surface area contributed by atoms with Crippen LogP contribution in [-0.2, 0) is 14.8 Å². The maximum Gasteiger partial charge on any atom is 0.258 e. The van der Waals surface area contributed by atoms with E-state index in [1.54, 1.807) is 12.1 Å². The van der Waals surface area contributed by atoms with Crippen molar-refractivity contribution >= 4 is 31.9 Å². The van der Waals surface area contributed by atoms with E-state index in [1.807, 2.05) is 31.2 Å². The molecule has 0 unspecified atom stereocenters. The van der Waals surface area contributed by atoms with E-state index in [-0.39, 0.29) is 29.5 Å². The molecule has 0 spiro atoms. The van der Waals surface area contributed by atoms with E-state index in [0.29, 0.717) is 5.75 Å². The number of nitrogens with one attached hydrogen (secondary N) is 2. The van der Waals surface area contributed by atoms with Crippen molar-refractivity contribution in [2.45, 2.75) is 49.6 Å². The number of halogens is 1. The van der Waals surface area contributed by atoms with Gasteiger partial charge in [-0.3, -0.25) is 4.79 Å². The highest BCUT2D eigenvalue weighted by Gasteiger charge is 2.22. The smallest absolute Gasteiger partial charge is 0.258 e. The third-order valence-electron chi connectivity index (χ3n) is 4.91. The van der Waals surface area contributed by atoms with Gasteiger partial charge in [0.15, 0.2) is 6.61 Å². The molecule has 1 aliphatic carbocycles. The molecule has 156 valence electrons. The van der Waals surface area contributed by atoms with Gasteiger partial charge in [-0.05, 0) is 61.7 Å². The van der Waals surface area contributed by atoms with E-state index in [9.17, 15) is 13.2 Å². The van der Waals surface area contributed by atoms with Crippen LogP contribution in [0, 0.1) is 0 Å². The number of ether oxygens (including phenoxy) is 1. The summed E-state index contributed by atoms with van der Waals surface area (Å²) in [5.41, 5.74) is 0.983. The Morgan fingerprint density at radius 2 is 1.86 bits per heavy atom. The molecule has 6 nitrogen and oxygen atoms in total. The van der Waals surface area contributed by atoms with Gasteiger partial charge in [-0.25, -0.2) is 13.1 Å². The maximum atomic E-state index is 12.4. The number of benzene rings is 2. The first kappa shape index (κ1) is 21.8. The minimum absolute atomic E-state index is 0.0202. The van der Waals surface area contributed by atoms with Gasteiger partial charge in [0.2, 0.25) is 10.0 Å². The molecule has 2 aromatic carbocycles. The van der Waals surface area contributed by atoms with E-state index in [2.05, 4.69) is 26.0 Å². The molecule has 2 N–H and O–H groups in total. The van der Waals surface area contributed by atoms with Crippen LogP contribution in [0.1, 0.15) is 44.2 Å². The van der Waals surface area contributed by atoms with Crippen molar-refractivity contribution in [3.63, 3.8) is 0 Å². The topological polar surface area (TPSA) is 84.5 Å². The minimum Gasteiger partial charge on any atom is -0.484 e. The lowest BCUT2D eigenvalue weighted by Gasteiger charge is -2.15. The Morgan fingerprint density at radius 1 is 1.17 bits per heavy atom. The molecule has 1 aliphatic rings. The highest BCUT2D eigenvalue weighted by molar-refractivity contribution is 9.10. The van der Waals surface area contributed by atoms with Crippen LogP contribution in [0.5, 0.6) is 5.75 Å². The van der Waals surface area contributed by atoms with Crippen LogP contribution >= 0.6 is 15.9 Å². The van der Waals surface area contributed by atoms with Crippen LogP contribution in [0.3, 0.4) is 0 Å². The summed E-state index contributed by atoms with van der Waals surface area (Å²) in [6, 6.07) is 13.7. The van der Waals surface area contributed by atoms with Gasteiger partial charge in [0.25, 0.3) is 5.91 Å². The number of hydrogen-bond acceptors (Lipinski definition) is 4. The van der Waals surface area contributed by atoms with Crippen LogP contribution < -0.4 is 14.8 Å². The number of carbonyl (C=O) groups excluding carboxylic acids is 1. The standard InChI is InChI=1S/C21H25BrN2O4S/c1-15(16-5-4-6-17(22)13-16)23-21(25)14-28-19-9-11-20(12-10-19)29(26,27)24-18-7-2-3-8-18/h4-6,9-13,15,18,24H,2-3,7-8,14H2,1H3,(H,23,25)/t15-/m0/s1.